The molecule has 0 saturated carbocycles. The third-order valence-corrected chi connectivity index (χ3v) is 6.21. The molecule has 8 heteroatoms. The van der Waals surface area contributed by atoms with E-state index in [0.29, 0.717) is 36.7 Å². The van der Waals surface area contributed by atoms with Crippen molar-refractivity contribution in [1.29, 1.82) is 0 Å². The summed E-state index contributed by atoms with van der Waals surface area (Å²) in [5.74, 6) is 1.17. The number of fused-ring (bicyclic) bond motifs is 1. The van der Waals surface area contributed by atoms with Gasteiger partial charge in [0, 0.05) is 36.9 Å². The molecule has 1 aliphatic heterocycles. The highest BCUT2D eigenvalue weighted by molar-refractivity contribution is 7.09. The zero-order chi connectivity index (χ0) is 21.4. The molecule has 7 nitrogen and oxygen atoms in total. The van der Waals surface area contributed by atoms with Crippen molar-refractivity contribution in [1.82, 2.24) is 20.2 Å². The molecule has 30 heavy (non-hydrogen) atoms. The molecule has 3 aromatic rings. The van der Waals surface area contributed by atoms with Crippen LogP contribution in [0, 0.1) is 27.7 Å². The summed E-state index contributed by atoms with van der Waals surface area (Å²) in [5, 5.41) is 5.59. The van der Waals surface area contributed by atoms with E-state index in [2.05, 4.69) is 15.3 Å². The summed E-state index contributed by atoms with van der Waals surface area (Å²) in [4.78, 5) is 35.9. The number of furan rings is 1. The Balaban J connectivity index is 1.51. The lowest BCUT2D eigenvalue weighted by Crippen LogP contribution is -2.37. The first-order valence-electron chi connectivity index (χ1n) is 9.86. The molecule has 0 saturated heterocycles. The molecule has 4 rings (SSSR count). The van der Waals surface area contributed by atoms with E-state index in [9.17, 15) is 9.59 Å². The van der Waals surface area contributed by atoms with Crippen molar-refractivity contribution in [2.45, 2.75) is 47.2 Å². The smallest absolute Gasteiger partial charge is 0.271 e. The number of amides is 2. The maximum Gasteiger partial charge on any atom is 0.271 e. The molecule has 3 aromatic heterocycles. The lowest BCUT2D eigenvalue weighted by molar-refractivity contribution is 0.0732. The van der Waals surface area contributed by atoms with Crippen molar-refractivity contribution in [3.8, 4) is 0 Å². The van der Waals surface area contributed by atoms with E-state index >= 15 is 0 Å². The van der Waals surface area contributed by atoms with Gasteiger partial charge < -0.3 is 14.6 Å². The third kappa shape index (κ3) is 3.87. The first-order valence-corrected chi connectivity index (χ1v) is 10.7. The van der Waals surface area contributed by atoms with Gasteiger partial charge in [-0.15, -0.1) is 11.3 Å². The summed E-state index contributed by atoms with van der Waals surface area (Å²) in [6.45, 7) is 8.99. The molecule has 0 unspecified atom stereocenters. The average molecular weight is 425 g/mol. The predicted octanol–water partition coefficient (Wildman–Crippen LogP) is 3.49. The third-order valence-electron chi connectivity index (χ3n) is 5.43. The Kier molecular flexibility index (Phi) is 5.42. The molecule has 0 bridgehead atoms. The molecule has 2 amide bonds. The van der Waals surface area contributed by atoms with Gasteiger partial charge in [0.15, 0.2) is 0 Å². The number of carbonyl (C=O) groups excluding carboxylic acids is 2. The summed E-state index contributed by atoms with van der Waals surface area (Å²) in [5.41, 5.74) is 5.16. The Bertz CT molecular complexity index is 1130. The molecule has 0 spiro atoms. The van der Waals surface area contributed by atoms with Crippen LogP contribution in [0.4, 0.5) is 0 Å². The molecule has 1 aliphatic rings. The Hall–Kier alpha value is -3.00. The molecule has 156 valence electrons. The van der Waals surface area contributed by atoms with E-state index in [1.54, 1.807) is 11.4 Å². The second kappa shape index (κ2) is 8.02. The normalized spacial score (nSPS) is 13.3. The van der Waals surface area contributed by atoms with Crippen LogP contribution in [0.1, 0.15) is 59.8 Å². The molecular formula is C22H24N4O3S. The second-order valence-electron chi connectivity index (χ2n) is 7.56. The molecule has 0 atom stereocenters. The molecule has 1 N–H and O–H groups in total. The number of rotatable bonds is 4. The van der Waals surface area contributed by atoms with Crippen LogP contribution in [0.25, 0.3) is 0 Å². The highest BCUT2D eigenvalue weighted by Crippen LogP contribution is 2.26. The standard InChI is InChI=1S/C22H24N4O3S/c1-12-7-18(14(3)29-12)22(28)26-6-5-17-16(10-26)8-23-13(2)19(17)9-24-21(27)20-11-30-15(4)25-20/h7-8,11H,5-6,9-10H2,1-4H3,(H,24,27). The zero-order valence-corrected chi connectivity index (χ0v) is 18.4. The Morgan fingerprint density at radius 2 is 2.07 bits per heavy atom. The summed E-state index contributed by atoms with van der Waals surface area (Å²) >= 11 is 1.46. The van der Waals surface area contributed by atoms with Gasteiger partial charge in [0.2, 0.25) is 0 Å². The first kappa shape index (κ1) is 20.3. The molecule has 0 radical (unpaired) electrons. The predicted molar refractivity (Wildman–Crippen MR) is 114 cm³/mol. The SMILES string of the molecule is Cc1cc(C(=O)N2CCc3c(cnc(C)c3CNC(=O)c3csc(C)n3)C2)c(C)o1. The summed E-state index contributed by atoms with van der Waals surface area (Å²) in [7, 11) is 0. The number of aryl methyl sites for hydroxylation is 4. The number of hydrogen-bond donors (Lipinski definition) is 1. The summed E-state index contributed by atoms with van der Waals surface area (Å²) in [6, 6.07) is 1.79. The number of pyridine rings is 1. The number of hydrogen-bond acceptors (Lipinski definition) is 6. The number of carbonyl (C=O) groups is 2. The Labute approximate surface area is 179 Å². The minimum absolute atomic E-state index is 0.0238. The van der Waals surface area contributed by atoms with Crippen LogP contribution in [0.5, 0.6) is 0 Å². The average Bonchev–Trinajstić information content (AvgIpc) is 3.30. The molecule has 0 aliphatic carbocycles. The van der Waals surface area contributed by atoms with Gasteiger partial charge in [0.25, 0.3) is 11.8 Å². The van der Waals surface area contributed by atoms with Gasteiger partial charge in [-0.1, -0.05) is 0 Å². The minimum Gasteiger partial charge on any atom is -0.466 e. The van der Waals surface area contributed by atoms with Crippen LogP contribution >= 0.6 is 11.3 Å². The lowest BCUT2D eigenvalue weighted by Gasteiger charge is -2.30. The number of aromatic nitrogens is 2. The van der Waals surface area contributed by atoms with Crippen LogP contribution in [0.15, 0.2) is 22.1 Å². The highest BCUT2D eigenvalue weighted by Gasteiger charge is 2.27. The van der Waals surface area contributed by atoms with Crippen LogP contribution < -0.4 is 5.32 Å². The topological polar surface area (TPSA) is 88.3 Å². The fourth-order valence-corrected chi connectivity index (χ4v) is 4.46. The van der Waals surface area contributed by atoms with Gasteiger partial charge in [-0.25, -0.2) is 4.98 Å². The van der Waals surface area contributed by atoms with E-state index in [0.717, 1.165) is 34.0 Å². The molecule has 4 heterocycles. The second-order valence-corrected chi connectivity index (χ2v) is 8.63. The maximum absolute atomic E-state index is 13.0. The fraction of sp³-hybridized carbons (Fsp3) is 0.364. The Morgan fingerprint density at radius 1 is 1.27 bits per heavy atom. The van der Waals surface area contributed by atoms with E-state index in [1.165, 1.54) is 16.9 Å². The molecular weight excluding hydrogens is 400 g/mol. The van der Waals surface area contributed by atoms with Gasteiger partial charge in [-0.05, 0) is 56.9 Å². The van der Waals surface area contributed by atoms with Crippen LogP contribution in [-0.2, 0) is 19.5 Å². The van der Waals surface area contributed by atoms with Crippen molar-refractivity contribution in [3.63, 3.8) is 0 Å². The van der Waals surface area contributed by atoms with Crippen LogP contribution in [0.3, 0.4) is 0 Å². The van der Waals surface area contributed by atoms with E-state index in [1.807, 2.05) is 38.8 Å². The van der Waals surface area contributed by atoms with Crippen molar-refractivity contribution < 1.29 is 14.0 Å². The van der Waals surface area contributed by atoms with Crippen molar-refractivity contribution in [2.24, 2.45) is 0 Å². The van der Waals surface area contributed by atoms with Gasteiger partial charge in [0.1, 0.15) is 17.2 Å². The van der Waals surface area contributed by atoms with E-state index in [-0.39, 0.29) is 11.8 Å². The lowest BCUT2D eigenvalue weighted by atomic mass is 9.94. The fourth-order valence-electron chi connectivity index (χ4n) is 3.87. The van der Waals surface area contributed by atoms with Crippen molar-refractivity contribution in [3.05, 3.63) is 67.8 Å². The van der Waals surface area contributed by atoms with Gasteiger partial charge in [-0.2, -0.15) is 0 Å². The number of nitrogens with one attached hydrogen (secondary N) is 1. The zero-order valence-electron chi connectivity index (χ0n) is 17.5. The quantitative estimate of drug-likeness (QED) is 0.693. The van der Waals surface area contributed by atoms with Crippen LogP contribution in [-0.4, -0.2) is 33.2 Å². The Morgan fingerprint density at radius 3 is 2.73 bits per heavy atom. The van der Waals surface area contributed by atoms with Crippen LogP contribution in [0.2, 0.25) is 0 Å². The monoisotopic (exact) mass is 424 g/mol. The summed E-state index contributed by atoms with van der Waals surface area (Å²) < 4.78 is 5.52. The van der Waals surface area contributed by atoms with Gasteiger partial charge >= 0.3 is 0 Å². The largest absolute Gasteiger partial charge is 0.466 e. The van der Waals surface area contributed by atoms with E-state index in [4.69, 9.17) is 4.42 Å². The van der Waals surface area contributed by atoms with Crippen molar-refractivity contribution >= 4 is 23.2 Å². The number of thiazole rings is 1. The first-order chi connectivity index (χ1) is 14.3. The maximum atomic E-state index is 13.0. The van der Waals surface area contributed by atoms with Crippen molar-refractivity contribution in [2.75, 3.05) is 6.54 Å². The van der Waals surface area contributed by atoms with Gasteiger partial charge in [-0.3, -0.25) is 14.6 Å². The summed E-state index contributed by atoms with van der Waals surface area (Å²) in [6.07, 6.45) is 2.56. The molecule has 0 fully saturated rings. The number of nitrogens with zero attached hydrogens (tertiary/aromatic N) is 3. The minimum atomic E-state index is -0.185. The molecule has 0 aromatic carbocycles. The highest BCUT2D eigenvalue weighted by atomic mass is 32.1. The van der Waals surface area contributed by atoms with Gasteiger partial charge in [0.05, 0.1) is 10.6 Å². The van der Waals surface area contributed by atoms with E-state index < -0.39 is 0 Å².